The van der Waals surface area contributed by atoms with Crippen molar-refractivity contribution in [1.82, 2.24) is 0 Å². The van der Waals surface area contributed by atoms with Crippen molar-refractivity contribution in [3.63, 3.8) is 0 Å². The highest BCUT2D eigenvalue weighted by atomic mass is 35.5. The molecule has 0 spiro atoms. The molecule has 0 aromatic heterocycles. The van der Waals surface area contributed by atoms with E-state index < -0.39 is 11.7 Å². The van der Waals surface area contributed by atoms with Gasteiger partial charge in [-0.1, -0.05) is 48.5 Å². The van der Waals surface area contributed by atoms with E-state index in [-0.39, 0.29) is 22.9 Å². The van der Waals surface area contributed by atoms with Gasteiger partial charge in [0.25, 0.3) is 0 Å². The Bertz CT molecular complexity index is 695. The molecule has 2 aromatic rings. The predicted octanol–water partition coefficient (Wildman–Crippen LogP) is 3.75. The van der Waals surface area contributed by atoms with Crippen LogP contribution in [0.2, 0.25) is 5.02 Å². The minimum absolute atomic E-state index is 0.0406. The van der Waals surface area contributed by atoms with Crippen LogP contribution in [0, 0.1) is 0 Å². The van der Waals surface area contributed by atoms with Crippen molar-refractivity contribution in [1.29, 1.82) is 0 Å². The number of esters is 1. The average Bonchev–Trinajstić information content (AvgIpc) is 2.50. The number of ether oxygens (including phenoxy) is 1. The van der Waals surface area contributed by atoms with Gasteiger partial charge in [0.15, 0.2) is 5.75 Å². The molecule has 0 aliphatic heterocycles. The largest absolute Gasteiger partial charge is 0.506 e. The summed E-state index contributed by atoms with van der Waals surface area (Å²) in [5.74, 6) is -1.53. The second kappa shape index (κ2) is 6.33. The Kier molecular flexibility index (Phi) is 4.50. The molecule has 2 rings (SSSR count). The second-order valence-electron chi connectivity index (χ2n) is 4.27. The molecule has 0 fully saturated rings. The van der Waals surface area contributed by atoms with Crippen LogP contribution in [-0.2, 0) is 11.3 Å². The molecule has 0 amide bonds. The highest BCUT2D eigenvalue weighted by Crippen LogP contribution is 2.35. The molecule has 0 saturated heterocycles. The predicted molar refractivity (Wildman–Crippen MR) is 80.4 cm³/mol. The van der Waals surface area contributed by atoms with Gasteiger partial charge in [0.05, 0.1) is 0 Å². The first kappa shape index (κ1) is 14.9. The Labute approximate surface area is 126 Å². The maximum absolute atomic E-state index is 12.0. The Morgan fingerprint density at radius 3 is 2.67 bits per heavy atom. The van der Waals surface area contributed by atoms with Crippen LogP contribution in [0.25, 0.3) is 6.08 Å². The van der Waals surface area contributed by atoms with Gasteiger partial charge in [-0.25, -0.2) is 4.79 Å². The third-order valence-electron chi connectivity index (χ3n) is 2.95. The molecule has 0 aliphatic rings. The fourth-order valence-electron chi connectivity index (χ4n) is 1.80. The van der Waals surface area contributed by atoms with Crippen LogP contribution in [0.3, 0.4) is 0 Å². The highest BCUT2D eigenvalue weighted by molar-refractivity contribution is 6.34. The standard InChI is InChI=1S/C16H13ClO4/c1-2-10-5-3-4-6-11(10)9-21-16(20)12-7-8-13(18)14(17)15(12)19/h2-8,18-19H,1,9H2. The summed E-state index contributed by atoms with van der Waals surface area (Å²) >= 11 is 5.67. The zero-order valence-corrected chi connectivity index (χ0v) is 11.8. The molecule has 21 heavy (non-hydrogen) atoms. The molecular weight excluding hydrogens is 292 g/mol. The van der Waals surface area contributed by atoms with Gasteiger partial charge in [0.1, 0.15) is 22.9 Å². The number of benzene rings is 2. The van der Waals surface area contributed by atoms with Gasteiger partial charge in [-0.2, -0.15) is 0 Å². The van der Waals surface area contributed by atoms with E-state index in [0.29, 0.717) is 0 Å². The van der Waals surface area contributed by atoms with Crippen molar-refractivity contribution in [2.45, 2.75) is 6.61 Å². The van der Waals surface area contributed by atoms with Crippen LogP contribution in [0.1, 0.15) is 21.5 Å². The summed E-state index contributed by atoms with van der Waals surface area (Å²) < 4.78 is 5.15. The minimum atomic E-state index is -0.728. The van der Waals surface area contributed by atoms with E-state index in [1.165, 1.54) is 12.1 Å². The monoisotopic (exact) mass is 304 g/mol. The smallest absolute Gasteiger partial charge is 0.342 e. The number of hydrogen-bond acceptors (Lipinski definition) is 4. The molecule has 4 nitrogen and oxygen atoms in total. The lowest BCUT2D eigenvalue weighted by molar-refractivity contribution is 0.0469. The summed E-state index contributed by atoms with van der Waals surface area (Å²) in [5, 5.41) is 18.8. The fourth-order valence-corrected chi connectivity index (χ4v) is 1.97. The first-order valence-corrected chi connectivity index (χ1v) is 6.50. The Morgan fingerprint density at radius 2 is 1.95 bits per heavy atom. The van der Waals surface area contributed by atoms with Crippen molar-refractivity contribution in [3.8, 4) is 11.5 Å². The van der Waals surface area contributed by atoms with E-state index >= 15 is 0 Å². The Morgan fingerprint density at radius 1 is 1.24 bits per heavy atom. The number of rotatable bonds is 4. The van der Waals surface area contributed by atoms with Crippen LogP contribution in [0.15, 0.2) is 43.0 Å². The van der Waals surface area contributed by atoms with E-state index in [1.54, 1.807) is 6.08 Å². The molecule has 2 N–H and O–H groups in total. The van der Waals surface area contributed by atoms with Gasteiger partial charge >= 0.3 is 5.97 Å². The SMILES string of the molecule is C=Cc1ccccc1COC(=O)c1ccc(O)c(Cl)c1O. The zero-order valence-electron chi connectivity index (χ0n) is 11.0. The van der Waals surface area contributed by atoms with Crippen LogP contribution in [0.5, 0.6) is 11.5 Å². The molecule has 0 radical (unpaired) electrons. The highest BCUT2D eigenvalue weighted by Gasteiger charge is 2.18. The summed E-state index contributed by atoms with van der Waals surface area (Å²) in [5.41, 5.74) is 1.55. The van der Waals surface area contributed by atoms with E-state index in [2.05, 4.69) is 6.58 Å². The molecule has 0 bridgehead atoms. The number of carbonyl (C=O) groups excluding carboxylic acids is 1. The molecule has 0 aliphatic carbocycles. The normalized spacial score (nSPS) is 10.1. The van der Waals surface area contributed by atoms with Gasteiger partial charge in [-0.05, 0) is 23.3 Å². The van der Waals surface area contributed by atoms with E-state index in [9.17, 15) is 15.0 Å². The topological polar surface area (TPSA) is 66.8 Å². The van der Waals surface area contributed by atoms with E-state index in [1.807, 2.05) is 24.3 Å². The molecule has 0 unspecified atom stereocenters. The van der Waals surface area contributed by atoms with Crippen molar-refractivity contribution in [2.75, 3.05) is 0 Å². The molecule has 5 heteroatoms. The molecule has 108 valence electrons. The number of phenolic OH excluding ortho intramolecular Hbond substituents is 2. The first-order valence-electron chi connectivity index (χ1n) is 6.12. The maximum Gasteiger partial charge on any atom is 0.342 e. The summed E-state index contributed by atoms with van der Waals surface area (Å²) in [7, 11) is 0. The lowest BCUT2D eigenvalue weighted by Gasteiger charge is -2.09. The van der Waals surface area contributed by atoms with Gasteiger partial charge in [0.2, 0.25) is 0 Å². The summed E-state index contributed by atoms with van der Waals surface area (Å²) in [4.78, 5) is 12.0. The minimum Gasteiger partial charge on any atom is -0.506 e. The number of carbonyl (C=O) groups is 1. The van der Waals surface area contributed by atoms with Crippen molar-refractivity contribution in [2.24, 2.45) is 0 Å². The molecular formula is C16H13ClO4. The summed E-state index contributed by atoms with van der Waals surface area (Å²) in [6.45, 7) is 3.73. The van der Waals surface area contributed by atoms with E-state index in [4.69, 9.17) is 16.3 Å². The molecule has 0 heterocycles. The van der Waals surface area contributed by atoms with Crippen LogP contribution in [-0.4, -0.2) is 16.2 Å². The van der Waals surface area contributed by atoms with Crippen LogP contribution < -0.4 is 0 Å². The van der Waals surface area contributed by atoms with Gasteiger partial charge in [-0.15, -0.1) is 0 Å². The zero-order chi connectivity index (χ0) is 15.4. The summed E-state index contributed by atoms with van der Waals surface area (Å²) in [6.07, 6.45) is 1.66. The number of hydrogen-bond donors (Lipinski definition) is 2. The Balaban J connectivity index is 2.16. The molecule has 2 aromatic carbocycles. The van der Waals surface area contributed by atoms with Gasteiger partial charge in [0, 0.05) is 0 Å². The fraction of sp³-hybridized carbons (Fsp3) is 0.0625. The summed E-state index contributed by atoms with van der Waals surface area (Å²) in [6, 6.07) is 9.81. The van der Waals surface area contributed by atoms with Gasteiger partial charge in [-0.3, -0.25) is 0 Å². The first-order chi connectivity index (χ1) is 10.0. The second-order valence-corrected chi connectivity index (χ2v) is 4.65. The van der Waals surface area contributed by atoms with Crippen molar-refractivity contribution in [3.05, 3.63) is 64.7 Å². The quantitative estimate of drug-likeness (QED) is 0.844. The van der Waals surface area contributed by atoms with Crippen LogP contribution >= 0.6 is 11.6 Å². The Hall–Kier alpha value is -2.46. The number of aromatic hydroxyl groups is 2. The number of halogens is 1. The third kappa shape index (κ3) is 3.17. The molecule has 0 atom stereocenters. The number of phenols is 2. The van der Waals surface area contributed by atoms with E-state index in [0.717, 1.165) is 11.1 Å². The average molecular weight is 305 g/mol. The maximum atomic E-state index is 12.0. The third-order valence-corrected chi connectivity index (χ3v) is 3.32. The lowest BCUT2D eigenvalue weighted by atomic mass is 10.1. The van der Waals surface area contributed by atoms with Crippen molar-refractivity contribution < 1.29 is 19.7 Å². The van der Waals surface area contributed by atoms with Crippen LogP contribution in [0.4, 0.5) is 0 Å². The van der Waals surface area contributed by atoms with Crippen molar-refractivity contribution >= 4 is 23.6 Å². The lowest BCUT2D eigenvalue weighted by Crippen LogP contribution is -2.06. The molecule has 0 saturated carbocycles. The van der Waals surface area contributed by atoms with Gasteiger partial charge < -0.3 is 14.9 Å².